The van der Waals surface area contributed by atoms with Gasteiger partial charge in [-0.15, -0.1) is 0 Å². The van der Waals surface area contributed by atoms with Crippen LogP contribution < -0.4 is 0 Å². The van der Waals surface area contributed by atoms with E-state index in [9.17, 15) is 23.1 Å². The summed E-state index contributed by atoms with van der Waals surface area (Å²) >= 11 is 0. The van der Waals surface area contributed by atoms with Gasteiger partial charge in [0.25, 0.3) is 0 Å². The summed E-state index contributed by atoms with van der Waals surface area (Å²) in [7, 11) is -3.97. The molecule has 0 bridgehead atoms. The third kappa shape index (κ3) is 3.46. The predicted octanol–water partition coefficient (Wildman–Crippen LogP) is 2.97. The van der Waals surface area contributed by atoms with Gasteiger partial charge < -0.3 is 9.84 Å². The van der Waals surface area contributed by atoms with Crippen LogP contribution in [0.4, 0.5) is 4.79 Å². The summed E-state index contributed by atoms with van der Waals surface area (Å²) < 4.78 is 33.1. The highest BCUT2D eigenvalue weighted by Crippen LogP contribution is 2.45. The molecule has 3 aromatic carbocycles. The molecular formula is C27H24N2O6S. The first-order valence-electron chi connectivity index (χ1n) is 11.8. The summed E-state index contributed by atoms with van der Waals surface area (Å²) in [5.41, 5.74) is 4.26. The smallest absolute Gasteiger partial charge is 0.412 e. The molecule has 3 aliphatic rings. The lowest BCUT2D eigenvalue weighted by Gasteiger charge is -2.25. The topological polar surface area (TPSA) is 104 Å². The molecule has 0 radical (unpaired) electrons. The van der Waals surface area contributed by atoms with Crippen molar-refractivity contribution in [3.63, 3.8) is 0 Å². The number of amides is 1. The molecule has 0 saturated carbocycles. The molecule has 0 aromatic heterocycles. The highest BCUT2D eigenvalue weighted by atomic mass is 32.2. The summed E-state index contributed by atoms with van der Waals surface area (Å²) in [5, 5.41) is 10.7. The number of aliphatic hydroxyl groups excluding tert-OH is 1. The van der Waals surface area contributed by atoms with Gasteiger partial charge in [0.1, 0.15) is 18.9 Å². The van der Waals surface area contributed by atoms with Crippen LogP contribution in [0.5, 0.6) is 0 Å². The Balaban J connectivity index is 1.22. The molecule has 184 valence electrons. The number of carbonyl (C=O) groups is 2. The summed E-state index contributed by atoms with van der Waals surface area (Å²) in [6.45, 7) is -0.319. The van der Waals surface area contributed by atoms with Gasteiger partial charge >= 0.3 is 6.09 Å². The number of ether oxygens (including phenoxy) is 1. The van der Waals surface area contributed by atoms with Crippen molar-refractivity contribution in [2.75, 3.05) is 13.2 Å². The minimum Gasteiger partial charge on any atom is -0.448 e. The number of sulfonamides is 1. The molecule has 1 N–H and O–H groups in total. The Morgan fingerprint density at radius 1 is 0.917 bits per heavy atom. The Bertz CT molecular complexity index is 1410. The fourth-order valence-corrected chi connectivity index (χ4v) is 7.36. The standard InChI is InChI=1S/C27H24N2O6S/c30-24-15-28(36(33,34)17-8-2-1-3-9-17)23-14-25(31)29(26(23)24)27(32)35-16-22-20-12-6-4-10-18(20)19-11-5-7-13-21(19)22/h1-13,22-23,25-26,31H,14-16H2/t23-,25?,26+/m1/s1. The monoisotopic (exact) mass is 504 g/mol. The van der Waals surface area contributed by atoms with Gasteiger partial charge in [0, 0.05) is 12.3 Å². The van der Waals surface area contributed by atoms with Crippen LogP contribution in [0.25, 0.3) is 11.1 Å². The average Bonchev–Trinajstić information content (AvgIpc) is 3.51. The van der Waals surface area contributed by atoms with Crippen molar-refractivity contribution in [3.8, 4) is 11.1 Å². The van der Waals surface area contributed by atoms with Gasteiger partial charge in [0.05, 0.1) is 17.5 Å². The molecule has 3 aromatic rings. The van der Waals surface area contributed by atoms with Crippen molar-refractivity contribution in [2.24, 2.45) is 0 Å². The summed E-state index contributed by atoms with van der Waals surface area (Å²) in [6, 6.07) is 21.8. The zero-order chi connectivity index (χ0) is 25.0. The Labute approximate surface area is 208 Å². The molecule has 2 fully saturated rings. The van der Waals surface area contributed by atoms with E-state index in [1.807, 2.05) is 48.5 Å². The van der Waals surface area contributed by atoms with E-state index in [0.29, 0.717) is 0 Å². The highest BCUT2D eigenvalue weighted by molar-refractivity contribution is 7.89. The maximum atomic E-state index is 13.2. The SMILES string of the molecule is O=C1CN(S(=O)(=O)c2ccccc2)[C@@H]2CC(O)N(C(=O)OCC3c4ccccc4-c4ccccc43)[C@H]12. The van der Waals surface area contributed by atoms with Crippen molar-refractivity contribution < 1.29 is 27.9 Å². The lowest BCUT2D eigenvalue weighted by molar-refractivity contribution is -0.122. The predicted molar refractivity (Wildman–Crippen MR) is 130 cm³/mol. The molecule has 2 saturated heterocycles. The number of hydrogen-bond donors (Lipinski definition) is 1. The second-order valence-corrected chi connectivity index (χ2v) is 11.2. The van der Waals surface area contributed by atoms with E-state index in [1.165, 1.54) is 12.1 Å². The number of fused-ring (bicyclic) bond motifs is 4. The zero-order valence-electron chi connectivity index (χ0n) is 19.2. The first-order chi connectivity index (χ1) is 17.4. The van der Waals surface area contributed by atoms with Crippen molar-refractivity contribution in [2.45, 2.75) is 35.5 Å². The van der Waals surface area contributed by atoms with Gasteiger partial charge in [-0.1, -0.05) is 66.7 Å². The zero-order valence-corrected chi connectivity index (χ0v) is 20.0. The van der Waals surface area contributed by atoms with E-state index >= 15 is 0 Å². The average molecular weight is 505 g/mol. The largest absolute Gasteiger partial charge is 0.448 e. The number of benzene rings is 3. The van der Waals surface area contributed by atoms with E-state index in [0.717, 1.165) is 31.5 Å². The van der Waals surface area contributed by atoms with Crippen molar-refractivity contribution in [3.05, 3.63) is 90.0 Å². The fraction of sp³-hybridized carbons (Fsp3) is 0.259. The van der Waals surface area contributed by atoms with Crippen LogP contribution in [0.3, 0.4) is 0 Å². The number of aliphatic hydroxyl groups is 1. The Hall–Kier alpha value is -3.53. The molecule has 36 heavy (non-hydrogen) atoms. The van der Waals surface area contributed by atoms with Gasteiger partial charge in [-0.25, -0.2) is 13.2 Å². The molecular weight excluding hydrogens is 480 g/mol. The molecule has 1 aliphatic carbocycles. The van der Waals surface area contributed by atoms with Crippen LogP contribution >= 0.6 is 0 Å². The minimum absolute atomic E-state index is 0.0354. The Kier molecular flexibility index (Phi) is 5.44. The lowest BCUT2D eigenvalue weighted by atomic mass is 9.98. The second kappa shape index (κ2) is 8.55. The first-order valence-corrected chi connectivity index (χ1v) is 13.2. The molecule has 9 heteroatoms. The Morgan fingerprint density at radius 2 is 1.50 bits per heavy atom. The van der Waals surface area contributed by atoms with Crippen LogP contribution in [0.1, 0.15) is 23.5 Å². The third-order valence-electron chi connectivity index (χ3n) is 7.35. The molecule has 2 heterocycles. The lowest BCUT2D eigenvalue weighted by Crippen LogP contribution is -2.46. The van der Waals surface area contributed by atoms with Crippen LogP contribution in [-0.4, -0.2) is 66.1 Å². The van der Waals surface area contributed by atoms with E-state index in [2.05, 4.69) is 0 Å². The van der Waals surface area contributed by atoms with E-state index in [-0.39, 0.29) is 30.4 Å². The van der Waals surface area contributed by atoms with Gasteiger partial charge in [0.2, 0.25) is 10.0 Å². The van der Waals surface area contributed by atoms with Gasteiger partial charge in [0.15, 0.2) is 5.78 Å². The maximum absolute atomic E-state index is 13.2. The molecule has 3 atom stereocenters. The molecule has 8 nitrogen and oxygen atoms in total. The summed E-state index contributed by atoms with van der Waals surface area (Å²) in [4.78, 5) is 27.2. The van der Waals surface area contributed by atoms with Crippen molar-refractivity contribution in [1.82, 2.24) is 9.21 Å². The third-order valence-corrected chi connectivity index (χ3v) is 9.23. The van der Waals surface area contributed by atoms with Crippen LogP contribution in [-0.2, 0) is 19.6 Å². The second-order valence-electron chi connectivity index (χ2n) is 9.27. The number of carbonyl (C=O) groups excluding carboxylic acids is 2. The molecule has 6 rings (SSSR count). The molecule has 0 spiro atoms. The number of ketones is 1. The van der Waals surface area contributed by atoms with E-state index in [1.54, 1.807) is 18.2 Å². The van der Waals surface area contributed by atoms with Crippen LogP contribution in [0.15, 0.2) is 83.8 Å². The van der Waals surface area contributed by atoms with Crippen LogP contribution in [0, 0.1) is 0 Å². The number of likely N-dealkylation sites (tertiary alicyclic amines) is 1. The summed E-state index contributed by atoms with van der Waals surface area (Å²) in [6.07, 6.45) is -2.22. The number of nitrogens with zero attached hydrogens (tertiary/aromatic N) is 2. The van der Waals surface area contributed by atoms with Crippen molar-refractivity contribution in [1.29, 1.82) is 0 Å². The van der Waals surface area contributed by atoms with Gasteiger partial charge in [-0.3, -0.25) is 9.69 Å². The highest BCUT2D eigenvalue weighted by Gasteiger charge is 2.57. The molecule has 1 unspecified atom stereocenters. The number of hydrogen-bond acceptors (Lipinski definition) is 6. The van der Waals surface area contributed by atoms with Gasteiger partial charge in [-0.05, 0) is 34.4 Å². The molecule has 1 amide bonds. The number of rotatable bonds is 4. The maximum Gasteiger partial charge on any atom is 0.412 e. The van der Waals surface area contributed by atoms with Crippen LogP contribution in [0.2, 0.25) is 0 Å². The summed E-state index contributed by atoms with van der Waals surface area (Å²) in [5.74, 6) is -0.615. The Morgan fingerprint density at radius 3 is 2.14 bits per heavy atom. The van der Waals surface area contributed by atoms with E-state index in [4.69, 9.17) is 4.74 Å². The van der Waals surface area contributed by atoms with E-state index < -0.39 is 40.2 Å². The fourth-order valence-electron chi connectivity index (χ4n) is 5.73. The minimum atomic E-state index is -3.97. The first kappa shape index (κ1) is 22.9. The normalized spacial score (nSPS) is 23.4. The number of Topliss-reactive ketones (excluding diaryl/α,β-unsaturated/α-hetero) is 1. The quantitative estimate of drug-likeness (QED) is 0.586. The van der Waals surface area contributed by atoms with Crippen molar-refractivity contribution >= 4 is 21.9 Å². The molecule has 2 aliphatic heterocycles. The van der Waals surface area contributed by atoms with Gasteiger partial charge in [-0.2, -0.15) is 4.31 Å².